The van der Waals surface area contributed by atoms with Crippen LogP contribution in [-0.2, 0) is 0 Å². The molecule has 0 spiro atoms. The number of hydrogen-bond acceptors (Lipinski definition) is 4. The first-order valence-corrected chi connectivity index (χ1v) is 18.0. The molecule has 0 saturated carbocycles. The highest BCUT2D eigenvalue weighted by Gasteiger charge is 2.49. The van der Waals surface area contributed by atoms with E-state index < -0.39 is 8.07 Å². The van der Waals surface area contributed by atoms with Crippen molar-refractivity contribution >= 4 is 29.6 Å². The Hall–Kier alpha value is -5.26. The summed E-state index contributed by atoms with van der Waals surface area (Å²) in [7, 11) is -2.47. The molecule has 0 amide bonds. The molecular formula is C40H34N4Si. The second-order valence-corrected chi connectivity index (χ2v) is 15.8. The molecule has 0 N–H and O–H groups in total. The van der Waals surface area contributed by atoms with Crippen molar-refractivity contribution in [3.05, 3.63) is 168 Å². The molecule has 0 unspecified atom stereocenters. The normalized spacial score (nSPS) is 14.2. The molecule has 0 bridgehead atoms. The largest absolute Gasteiger partial charge is 0.255 e. The molecular weight excluding hydrogens is 565 g/mol. The zero-order valence-electron chi connectivity index (χ0n) is 25.6. The molecule has 0 aliphatic carbocycles. The summed E-state index contributed by atoms with van der Waals surface area (Å²) in [4.78, 5) is 20.0. The fourth-order valence-electron chi connectivity index (χ4n) is 6.81. The van der Waals surface area contributed by atoms with Crippen LogP contribution in [0.15, 0.2) is 146 Å². The highest BCUT2D eigenvalue weighted by molar-refractivity contribution is 7.14. The first-order valence-electron chi connectivity index (χ1n) is 15.6. The molecule has 1 aliphatic rings. The zero-order chi connectivity index (χ0) is 30.6. The van der Waals surface area contributed by atoms with Crippen LogP contribution in [0.1, 0.15) is 36.4 Å². The summed E-state index contributed by atoms with van der Waals surface area (Å²) in [5, 5.41) is 2.74. The Morgan fingerprint density at radius 3 is 1.16 bits per heavy atom. The lowest BCUT2D eigenvalue weighted by Crippen LogP contribution is -2.36. The van der Waals surface area contributed by atoms with Gasteiger partial charge in [-0.3, -0.25) is 9.97 Å². The van der Waals surface area contributed by atoms with Crippen molar-refractivity contribution in [2.24, 2.45) is 0 Å². The van der Waals surface area contributed by atoms with Gasteiger partial charge in [-0.2, -0.15) is 0 Å². The van der Waals surface area contributed by atoms with Gasteiger partial charge in [-0.05, 0) is 81.2 Å². The minimum absolute atomic E-state index is 0.876. The van der Waals surface area contributed by atoms with Crippen LogP contribution in [0.5, 0.6) is 0 Å². The molecule has 4 nitrogen and oxygen atoms in total. The summed E-state index contributed by atoms with van der Waals surface area (Å²) in [6, 6.07) is 48.5. The molecule has 5 heterocycles. The van der Waals surface area contributed by atoms with E-state index in [2.05, 4.69) is 121 Å². The predicted octanol–water partition coefficient (Wildman–Crippen LogP) is 9.70. The third-order valence-electron chi connectivity index (χ3n) is 8.90. The molecule has 218 valence electrons. The Kier molecular flexibility index (Phi) is 7.85. The van der Waals surface area contributed by atoms with Gasteiger partial charge < -0.3 is 0 Å². The summed E-state index contributed by atoms with van der Waals surface area (Å²) in [5.74, 6) is 0. The van der Waals surface area contributed by atoms with Crippen LogP contribution in [-0.4, -0.2) is 28.0 Å². The van der Waals surface area contributed by atoms with Crippen LogP contribution in [0, 0.1) is 0 Å². The number of benzene rings is 2. The number of rotatable bonds is 8. The zero-order valence-corrected chi connectivity index (χ0v) is 26.6. The van der Waals surface area contributed by atoms with E-state index in [1.165, 1.54) is 32.7 Å². The van der Waals surface area contributed by atoms with Crippen LogP contribution in [0.2, 0.25) is 12.1 Å². The topological polar surface area (TPSA) is 51.6 Å². The molecule has 5 heteroatoms. The van der Waals surface area contributed by atoms with Gasteiger partial charge >= 0.3 is 0 Å². The van der Waals surface area contributed by atoms with E-state index in [0.717, 1.165) is 46.3 Å². The van der Waals surface area contributed by atoms with Crippen molar-refractivity contribution in [3.8, 4) is 22.8 Å². The molecule has 7 rings (SSSR count). The van der Waals surface area contributed by atoms with Crippen LogP contribution in [0.25, 0.3) is 44.3 Å². The Bertz CT molecular complexity index is 1860. The summed E-state index contributed by atoms with van der Waals surface area (Å²) in [5.41, 5.74) is 10.5. The molecule has 0 radical (unpaired) electrons. The molecule has 6 aromatic rings. The Balaban J connectivity index is 1.57. The minimum Gasteiger partial charge on any atom is -0.255 e. The van der Waals surface area contributed by atoms with Gasteiger partial charge in [0.1, 0.15) is 8.07 Å². The monoisotopic (exact) mass is 598 g/mol. The lowest BCUT2D eigenvalue weighted by Gasteiger charge is -2.32. The second-order valence-electron chi connectivity index (χ2n) is 11.3. The van der Waals surface area contributed by atoms with Gasteiger partial charge in [0.05, 0.1) is 34.2 Å². The number of pyridine rings is 4. The molecule has 45 heavy (non-hydrogen) atoms. The second kappa shape index (κ2) is 12.4. The van der Waals surface area contributed by atoms with Crippen molar-refractivity contribution in [2.75, 3.05) is 0 Å². The van der Waals surface area contributed by atoms with E-state index >= 15 is 0 Å². The molecule has 0 atom stereocenters. The molecule has 4 aromatic heterocycles. The summed E-state index contributed by atoms with van der Waals surface area (Å²) in [6.07, 6.45) is 3.66. The fraction of sp³-hybridized carbons (Fsp3) is 0.100. The first-order chi connectivity index (χ1) is 22.2. The summed E-state index contributed by atoms with van der Waals surface area (Å²) >= 11 is 0. The van der Waals surface area contributed by atoms with Gasteiger partial charge in [0, 0.05) is 12.4 Å². The van der Waals surface area contributed by atoms with Gasteiger partial charge in [-0.1, -0.05) is 111 Å². The molecule has 0 saturated heterocycles. The maximum absolute atomic E-state index is 5.37. The highest BCUT2D eigenvalue weighted by Crippen LogP contribution is 2.57. The van der Waals surface area contributed by atoms with Crippen molar-refractivity contribution < 1.29 is 0 Å². The van der Waals surface area contributed by atoms with E-state index in [0.29, 0.717) is 0 Å². The summed E-state index contributed by atoms with van der Waals surface area (Å²) < 4.78 is 0. The average molecular weight is 599 g/mol. The van der Waals surface area contributed by atoms with Gasteiger partial charge in [-0.25, -0.2) is 9.97 Å². The highest BCUT2D eigenvalue weighted by atomic mass is 28.3. The maximum atomic E-state index is 5.37. The van der Waals surface area contributed by atoms with Crippen molar-refractivity contribution in [1.82, 2.24) is 19.9 Å². The first kappa shape index (κ1) is 28.5. The smallest absolute Gasteiger partial charge is 0.124 e. The van der Waals surface area contributed by atoms with E-state index in [1.54, 1.807) is 0 Å². The van der Waals surface area contributed by atoms with Crippen LogP contribution in [0.4, 0.5) is 0 Å². The summed E-state index contributed by atoms with van der Waals surface area (Å²) in [6.45, 7) is 4.72. The fourth-order valence-corrected chi connectivity index (χ4v) is 11.7. The molecule has 2 aromatic carbocycles. The van der Waals surface area contributed by atoms with Crippen molar-refractivity contribution in [1.29, 1.82) is 0 Å². The van der Waals surface area contributed by atoms with Gasteiger partial charge in [0.25, 0.3) is 0 Å². The predicted molar refractivity (Wildman–Crippen MR) is 188 cm³/mol. The van der Waals surface area contributed by atoms with Crippen LogP contribution < -0.4 is 0 Å². The molecule has 1 aliphatic heterocycles. The average Bonchev–Trinajstić information content (AvgIpc) is 3.45. The third kappa shape index (κ3) is 5.15. The Morgan fingerprint density at radius 2 is 0.778 bits per heavy atom. The van der Waals surface area contributed by atoms with Crippen LogP contribution >= 0.6 is 0 Å². The number of aromatic nitrogens is 4. The van der Waals surface area contributed by atoms with Gasteiger partial charge in [0.2, 0.25) is 0 Å². The van der Waals surface area contributed by atoms with Gasteiger partial charge in [0.15, 0.2) is 0 Å². The Morgan fingerprint density at radius 1 is 0.400 bits per heavy atom. The van der Waals surface area contributed by atoms with E-state index in [9.17, 15) is 0 Å². The maximum Gasteiger partial charge on any atom is 0.124 e. The van der Waals surface area contributed by atoms with Crippen molar-refractivity contribution in [3.63, 3.8) is 0 Å². The number of hydrogen-bond donors (Lipinski definition) is 0. The van der Waals surface area contributed by atoms with E-state index in [4.69, 9.17) is 9.97 Å². The van der Waals surface area contributed by atoms with Crippen molar-refractivity contribution in [2.45, 2.75) is 25.9 Å². The van der Waals surface area contributed by atoms with E-state index in [-0.39, 0.29) is 0 Å². The molecule has 0 fully saturated rings. The lowest BCUT2D eigenvalue weighted by atomic mass is 9.90. The standard InChI is InChI=1S/C40H34N4Si/c1-3-45(4-2)39(35-25-15-23-33(43-35)31-21-11-13-27-41-31)37(29-17-7-5-8-18-29)38(30-19-9-6-10-20-30)40(45)36-26-16-24-34(44-36)32-22-12-14-28-42-32/h5-28H,3-4H2,1-2H3. The third-order valence-corrected chi connectivity index (χ3v) is 14.2. The SMILES string of the molecule is CC[Si]1(CC)C(c2cccc(-c3ccccn3)n2)=C(c2ccccc2)C(c2ccccc2)=C1c1cccc(-c2ccccn2)n1. The van der Waals surface area contributed by atoms with Crippen LogP contribution in [0.3, 0.4) is 0 Å². The lowest BCUT2D eigenvalue weighted by molar-refractivity contribution is 1.21. The number of nitrogens with zero attached hydrogens (tertiary/aromatic N) is 4. The number of allylic oxidation sites excluding steroid dienone is 2. The Labute approximate surface area is 266 Å². The minimum atomic E-state index is -2.47. The van der Waals surface area contributed by atoms with Gasteiger partial charge in [-0.15, -0.1) is 0 Å². The van der Waals surface area contributed by atoms with E-state index in [1.807, 2.05) is 48.8 Å². The quantitative estimate of drug-likeness (QED) is 0.164.